The van der Waals surface area contributed by atoms with Gasteiger partial charge in [0.2, 0.25) is 0 Å². The normalized spacial score (nSPS) is 10.6. The van der Waals surface area contributed by atoms with Crippen molar-refractivity contribution in [1.29, 1.82) is 5.26 Å². The van der Waals surface area contributed by atoms with E-state index in [2.05, 4.69) is 16.4 Å². The summed E-state index contributed by atoms with van der Waals surface area (Å²) in [6, 6.07) is 12.5. The van der Waals surface area contributed by atoms with Crippen LogP contribution in [-0.2, 0) is 13.1 Å². The van der Waals surface area contributed by atoms with Crippen molar-refractivity contribution in [3.8, 4) is 23.1 Å². The highest BCUT2D eigenvalue weighted by Gasteiger charge is 2.05. The maximum atomic E-state index is 11.7. The Morgan fingerprint density at radius 3 is 2.81 bits per heavy atom. The van der Waals surface area contributed by atoms with Crippen molar-refractivity contribution in [2.45, 2.75) is 32.4 Å². The van der Waals surface area contributed by atoms with Gasteiger partial charge in [0, 0.05) is 24.8 Å². The summed E-state index contributed by atoms with van der Waals surface area (Å²) in [5.74, 6) is -0.219. The molecule has 0 aliphatic rings. The first-order chi connectivity index (χ1) is 12.7. The molecule has 0 atom stereocenters. The lowest BCUT2D eigenvalue weighted by atomic mass is 10.1. The molecule has 0 saturated carbocycles. The molecule has 0 spiro atoms. The van der Waals surface area contributed by atoms with Crippen LogP contribution in [0, 0.1) is 11.3 Å². The van der Waals surface area contributed by atoms with Gasteiger partial charge in [0.05, 0.1) is 17.8 Å². The van der Waals surface area contributed by atoms with E-state index in [9.17, 15) is 9.90 Å². The summed E-state index contributed by atoms with van der Waals surface area (Å²) in [7, 11) is 0. The molecule has 0 amide bonds. The fourth-order valence-corrected chi connectivity index (χ4v) is 2.72. The first-order valence-corrected chi connectivity index (χ1v) is 8.46. The van der Waals surface area contributed by atoms with E-state index in [1.165, 1.54) is 10.6 Å². The van der Waals surface area contributed by atoms with E-state index >= 15 is 0 Å². The smallest absolute Gasteiger partial charge is 0.292 e. The first-order valence-electron chi connectivity index (χ1n) is 8.46. The third-order valence-electron chi connectivity index (χ3n) is 4.11. The molecule has 2 heterocycles. The molecule has 0 aliphatic carbocycles. The summed E-state index contributed by atoms with van der Waals surface area (Å²) in [6.45, 7) is 1.32. The van der Waals surface area contributed by atoms with Crippen molar-refractivity contribution in [2.24, 2.45) is 0 Å². The van der Waals surface area contributed by atoms with Crippen LogP contribution in [0.4, 0.5) is 0 Å². The van der Waals surface area contributed by atoms with Crippen LogP contribution < -0.4 is 5.56 Å². The van der Waals surface area contributed by atoms with Crippen LogP contribution >= 0.6 is 0 Å². The van der Waals surface area contributed by atoms with Crippen LogP contribution in [0.25, 0.3) is 11.3 Å². The number of pyridine rings is 1. The zero-order chi connectivity index (χ0) is 18.4. The molecule has 0 saturated heterocycles. The van der Waals surface area contributed by atoms with Crippen molar-refractivity contribution < 1.29 is 5.11 Å². The predicted octanol–water partition coefficient (Wildman–Crippen LogP) is 2.55. The van der Waals surface area contributed by atoms with Gasteiger partial charge in [-0.15, -0.1) is 5.10 Å². The first kappa shape index (κ1) is 17.4. The van der Waals surface area contributed by atoms with Crippen LogP contribution in [-0.4, -0.2) is 24.7 Å². The van der Waals surface area contributed by atoms with Gasteiger partial charge in [-0.25, -0.2) is 0 Å². The minimum absolute atomic E-state index is 0.219. The number of hydrogen-bond acceptors (Lipinski definition) is 5. The van der Waals surface area contributed by atoms with E-state index < -0.39 is 0 Å². The summed E-state index contributed by atoms with van der Waals surface area (Å²) in [6.07, 6.45) is 6.24. The molecule has 0 bridgehead atoms. The minimum atomic E-state index is -0.354. The molecular formula is C19H19N5O2. The van der Waals surface area contributed by atoms with E-state index in [0.29, 0.717) is 12.1 Å². The average molecular weight is 349 g/mol. The maximum Gasteiger partial charge on any atom is 0.292 e. The molecule has 2 aromatic heterocycles. The summed E-state index contributed by atoms with van der Waals surface area (Å²) < 4.78 is 3.31. The second kappa shape index (κ2) is 8.12. The van der Waals surface area contributed by atoms with Gasteiger partial charge < -0.3 is 9.67 Å². The third kappa shape index (κ3) is 4.16. The zero-order valence-corrected chi connectivity index (χ0v) is 14.2. The van der Waals surface area contributed by atoms with Crippen molar-refractivity contribution in [1.82, 2.24) is 19.6 Å². The van der Waals surface area contributed by atoms with Gasteiger partial charge in [-0.1, -0.05) is 17.3 Å². The summed E-state index contributed by atoms with van der Waals surface area (Å²) in [4.78, 5) is 11.7. The lowest BCUT2D eigenvalue weighted by Gasteiger charge is -2.05. The number of aromatic hydroxyl groups is 1. The maximum absolute atomic E-state index is 11.7. The van der Waals surface area contributed by atoms with Crippen LogP contribution in [0.1, 0.15) is 24.8 Å². The molecule has 0 fully saturated rings. The van der Waals surface area contributed by atoms with Gasteiger partial charge in [0.25, 0.3) is 5.56 Å². The van der Waals surface area contributed by atoms with Crippen molar-refractivity contribution >= 4 is 0 Å². The Labute approximate surface area is 150 Å². The average Bonchev–Trinajstić information content (AvgIpc) is 3.14. The van der Waals surface area contributed by atoms with Gasteiger partial charge in [-0.05, 0) is 43.5 Å². The number of nitriles is 1. The molecule has 7 nitrogen and oxygen atoms in total. The molecule has 132 valence electrons. The number of benzene rings is 1. The number of unbranched alkanes of at least 4 members (excludes halogenated alkanes) is 2. The molecule has 3 aromatic rings. The van der Waals surface area contributed by atoms with E-state index in [0.717, 1.165) is 37.1 Å². The molecule has 1 aromatic carbocycles. The van der Waals surface area contributed by atoms with Crippen LogP contribution in [0.2, 0.25) is 0 Å². The Bertz CT molecular complexity index is 984. The topological polar surface area (TPSA) is 96.7 Å². The molecule has 26 heavy (non-hydrogen) atoms. The highest BCUT2D eigenvalue weighted by molar-refractivity contribution is 5.60. The Morgan fingerprint density at radius 2 is 1.96 bits per heavy atom. The summed E-state index contributed by atoms with van der Waals surface area (Å²) in [5, 5.41) is 26.7. The van der Waals surface area contributed by atoms with E-state index in [4.69, 9.17) is 5.26 Å². The second-order valence-electron chi connectivity index (χ2n) is 6.01. The molecule has 0 unspecified atom stereocenters. The minimum Gasteiger partial charge on any atom is -0.503 e. The van der Waals surface area contributed by atoms with Crippen LogP contribution in [0.5, 0.6) is 5.75 Å². The molecule has 7 heteroatoms. The lowest BCUT2D eigenvalue weighted by molar-refractivity contribution is 0.451. The highest BCUT2D eigenvalue weighted by Crippen LogP contribution is 2.17. The monoisotopic (exact) mass is 349 g/mol. The van der Waals surface area contributed by atoms with Gasteiger partial charge in [0.15, 0.2) is 5.75 Å². The van der Waals surface area contributed by atoms with Crippen molar-refractivity contribution in [3.05, 3.63) is 64.7 Å². The molecule has 0 radical (unpaired) electrons. The zero-order valence-electron chi connectivity index (χ0n) is 14.2. The number of aromatic nitrogens is 4. The van der Waals surface area contributed by atoms with Gasteiger partial charge >= 0.3 is 0 Å². The Hall–Kier alpha value is -3.40. The quantitative estimate of drug-likeness (QED) is 0.661. The van der Waals surface area contributed by atoms with Gasteiger partial charge in [0.1, 0.15) is 5.69 Å². The highest BCUT2D eigenvalue weighted by atomic mass is 16.3. The van der Waals surface area contributed by atoms with Gasteiger partial charge in [-0.3, -0.25) is 9.48 Å². The molecular weight excluding hydrogens is 330 g/mol. The number of aryl methyl sites for hydroxylation is 2. The lowest BCUT2D eigenvalue weighted by Crippen LogP contribution is -2.18. The van der Waals surface area contributed by atoms with Crippen LogP contribution in [0.15, 0.2) is 53.6 Å². The van der Waals surface area contributed by atoms with Crippen LogP contribution in [0.3, 0.4) is 0 Å². The standard InChI is InChI=1S/C19H19N5O2/c20-13-15-6-4-7-16(12-15)17-14-24(22-21-17)11-3-1-2-9-23-10-5-8-18(25)19(23)26/h4-8,10,12,14,25H,1-3,9,11H2. The Kier molecular flexibility index (Phi) is 5.44. The summed E-state index contributed by atoms with van der Waals surface area (Å²) in [5.41, 5.74) is 1.86. The number of rotatable bonds is 7. The molecule has 1 N–H and O–H groups in total. The van der Waals surface area contributed by atoms with E-state index in [1.807, 2.05) is 18.3 Å². The van der Waals surface area contributed by atoms with E-state index in [-0.39, 0.29) is 11.3 Å². The Balaban J connectivity index is 1.49. The van der Waals surface area contributed by atoms with Crippen molar-refractivity contribution in [3.63, 3.8) is 0 Å². The second-order valence-corrected chi connectivity index (χ2v) is 6.01. The van der Waals surface area contributed by atoms with Crippen molar-refractivity contribution in [2.75, 3.05) is 0 Å². The van der Waals surface area contributed by atoms with Gasteiger partial charge in [-0.2, -0.15) is 5.26 Å². The predicted molar refractivity (Wildman–Crippen MR) is 96.4 cm³/mol. The fraction of sp³-hybridized carbons (Fsp3) is 0.263. The molecule has 0 aliphatic heterocycles. The molecule has 3 rings (SSSR count). The SMILES string of the molecule is N#Cc1cccc(-c2cn(CCCCCn3cccc(O)c3=O)nn2)c1. The Morgan fingerprint density at radius 1 is 1.12 bits per heavy atom. The number of nitrogens with zero attached hydrogens (tertiary/aromatic N) is 5. The third-order valence-corrected chi connectivity index (χ3v) is 4.11. The number of hydrogen-bond donors (Lipinski definition) is 1. The largest absolute Gasteiger partial charge is 0.503 e. The summed E-state index contributed by atoms with van der Waals surface area (Å²) >= 11 is 0. The van der Waals surface area contributed by atoms with E-state index in [1.54, 1.807) is 29.1 Å². The fourth-order valence-electron chi connectivity index (χ4n) is 2.72.